The summed E-state index contributed by atoms with van der Waals surface area (Å²) in [5.41, 5.74) is 2.26. The smallest absolute Gasteiger partial charge is 0.251 e. The molecule has 2 heterocycles. The van der Waals surface area contributed by atoms with Crippen molar-refractivity contribution >= 4 is 15.9 Å². The minimum absolute atomic E-state index is 0.164. The van der Waals surface area contributed by atoms with E-state index in [1.165, 1.54) is 10.4 Å². The zero-order chi connectivity index (χ0) is 20.3. The Bertz CT molecular complexity index is 1090. The lowest BCUT2D eigenvalue weighted by molar-refractivity contribution is 0.0950. The standard InChI is InChI=1S/C21H22N4O3S/c26-21(23-15-17-6-8-19(9-7-17)24-13-10-22-16-24)18-4-3-5-20(14-18)29(27,28)25-11-1-2-12-25/h3-10,13-14,16H,1-2,11-12,15H2,(H,23,26). The predicted octanol–water partition coefficient (Wildman–Crippen LogP) is 2.59. The van der Waals surface area contributed by atoms with E-state index >= 15 is 0 Å². The Hall–Kier alpha value is -2.97. The van der Waals surface area contributed by atoms with Gasteiger partial charge in [-0.1, -0.05) is 18.2 Å². The second-order valence-electron chi connectivity index (χ2n) is 6.96. The van der Waals surface area contributed by atoms with Crippen molar-refractivity contribution in [3.05, 3.63) is 78.4 Å². The molecule has 3 aromatic rings. The molecule has 0 aliphatic carbocycles. The number of imidazole rings is 1. The fourth-order valence-corrected chi connectivity index (χ4v) is 4.92. The van der Waals surface area contributed by atoms with Gasteiger partial charge < -0.3 is 9.88 Å². The van der Waals surface area contributed by atoms with Gasteiger partial charge in [0.2, 0.25) is 10.0 Å². The molecular formula is C21H22N4O3S. The largest absolute Gasteiger partial charge is 0.348 e. The van der Waals surface area contributed by atoms with Gasteiger partial charge in [-0.2, -0.15) is 4.31 Å². The van der Waals surface area contributed by atoms with Crippen molar-refractivity contribution in [2.45, 2.75) is 24.3 Å². The summed E-state index contributed by atoms with van der Waals surface area (Å²) < 4.78 is 28.8. The van der Waals surface area contributed by atoms with Crippen molar-refractivity contribution < 1.29 is 13.2 Å². The molecule has 1 N–H and O–H groups in total. The fraction of sp³-hybridized carbons (Fsp3) is 0.238. The average Bonchev–Trinajstić information content (AvgIpc) is 3.47. The Labute approximate surface area is 170 Å². The molecule has 1 aliphatic rings. The summed E-state index contributed by atoms with van der Waals surface area (Å²) >= 11 is 0. The zero-order valence-electron chi connectivity index (χ0n) is 15.9. The van der Waals surface area contributed by atoms with Crippen molar-refractivity contribution in [1.29, 1.82) is 0 Å². The molecule has 1 saturated heterocycles. The van der Waals surface area contributed by atoms with Crippen LogP contribution >= 0.6 is 0 Å². The normalized spacial score (nSPS) is 14.8. The van der Waals surface area contributed by atoms with Crippen molar-refractivity contribution in [3.8, 4) is 5.69 Å². The Kier molecular flexibility index (Phi) is 5.46. The molecule has 7 nitrogen and oxygen atoms in total. The molecule has 0 radical (unpaired) electrons. The van der Waals surface area contributed by atoms with Gasteiger partial charge in [-0.05, 0) is 48.7 Å². The molecule has 150 valence electrons. The van der Waals surface area contributed by atoms with Gasteiger partial charge in [-0.3, -0.25) is 4.79 Å². The lowest BCUT2D eigenvalue weighted by Crippen LogP contribution is -2.28. The van der Waals surface area contributed by atoms with Crippen LogP contribution < -0.4 is 5.32 Å². The molecule has 1 aliphatic heterocycles. The van der Waals surface area contributed by atoms with Crippen LogP contribution in [0.25, 0.3) is 5.69 Å². The summed E-state index contributed by atoms with van der Waals surface area (Å²) in [5, 5.41) is 2.85. The molecule has 0 bridgehead atoms. The highest BCUT2D eigenvalue weighted by Gasteiger charge is 2.27. The number of hydrogen-bond donors (Lipinski definition) is 1. The van der Waals surface area contributed by atoms with Gasteiger partial charge >= 0.3 is 0 Å². The van der Waals surface area contributed by atoms with Gasteiger partial charge in [-0.15, -0.1) is 0 Å². The number of benzene rings is 2. The highest BCUT2D eigenvalue weighted by Crippen LogP contribution is 2.21. The summed E-state index contributed by atoms with van der Waals surface area (Å²) in [7, 11) is -3.54. The van der Waals surface area contributed by atoms with Gasteiger partial charge in [0.1, 0.15) is 0 Å². The number of carbonyl (C=O) groups is 1. The SMILES string of the molecule is O=C(NCc1ccc(-n2ccnc2)cc1)c1cccc(S(=O)(=O)N2CCCC2)c1. The Morgan fingerprint density at radius 3 is 2.52 bits per heavy atom. The van der Waals surface area contributed by atoms with Crippen LogP contribution in [0.5, 0.6) is 0 Å². The number of rotatable bonds is 6. The second kappa shape index (κ2) is 8.18. The molecule has 1 fully saturated rings. The van der Waals surface area contributed by atoms with Crippen molar-refractivity contribution in [2.75, 3.05) is 13.1 Å². The second-order valence-corrected chi connectivity index (χ2v) is 8.90. The first-order valence-electron chi connectivity index (χ1n) is 9.50. The maximum atomic E-state index is 12.7. The molecule has 29 heavy (non-hydrogen) atoms. The van der Waals surface area contributed by atoms with Crippen molar-refractivity contribution in [2.24, 2.45) is 0 Å². The molecule has 8 heteroatoms. The van der Waals surface area contributed by atoms with E-state index in [1.807, 2.05) is 35.0 Å². The van der Waals surface area contributed by atoms with Crippen LogP contribution in [-0.4, -0.2) is 41.3 Å². The number of nitrogens with one attached hydrogen (secondary N) is 1. The van der Waals surface area contributed by atoms with E-state index in [9.17, 15) is 13.2 Å². The molecule has 0 saturated carbocycles. The molecule has 0 atom stereocenters. The summed E-state index contributed by atoms with van der Waals surface area (Å²) in [5.74, 6) is -0.304. The van der Waals surface area contributed by atoms with Crippen molar-refractivity contribution in [1.82, 2.24) is 19.2 Å². The molecule has 4 rings (SSSR count). The molecule has 0 spiro atoms. The number of amides is 1. The molecular weight excluding hydrogens is 388 g/mol. The third kappa shape index (κ3) is 4.23. The zero-order valence-corrected chi connectivity index (χ0v) is 16.7. The van der Waals surface area contributed by atoms with Gasteiger partial charge in [0.05, 0.1) is 11.2 Å². The fourth-order valence-electron chi connectivity index (χ4n) is 3.36. The van der Waals surface area contributed by atoms with Crippen LogP contribution in [0, 0.1) is 0 Å². The third-order valence-corrected chi connectivity index (χ3v) is 6.89. The highest BCUT2D eigenvalue weighted by molar-refractivity contribution is 7.89. The van der Waals surface area contributed by atoms with E-state index < -0.39 is 10.0 Å². The number of sulfonamides is 1. The first-order chi connectivity index (χ1) is 14.0. The highest BCUT2D eigenvalue weighted by atomic mass is 32.2. The summed E-state index contributed by atoms with van der Waals surface area (Å²) in [6.07, 6.45) is 7.05. The van der Waals surface area contributed by atoms with Crippen LogP contribution in [0.4, 0.5) is 0 Å². The topological polar surface area (TPSA) is 84.3 Å². The Morgan fingerprint density at radius 1 is 1.07 bits per heavy atom. The predicted molar refractivity (Wildman–Crippen MR) is 109 cm³/mol. The van der Waals surface area contributed by atoms with Crippen LogP contribution in [0.3, 0.4) is 0 Å². The number of aromatic nitrogens is 2. The summed E-state index contributed by atoms with van der Waals surface area (Å²) in [6, 6.07) is 14.0. The van der Waals surface area contributed by atoms with Gasteiger partial charge in [0.25, 0.3) is 5.91 Å². The summed E-state index contributed by atoms with van der Waals surface area (Å²) in [6.45, 7) is 1.42. The maximum absolute atomic E-state index is 12.7. The van der Waals surface area contributed by atoms with E-state index in [-0.39, 0.29) is 10.8 Å². The van der Waals surface area contributed by atoms with Crippen LogP contribution in [0.15, 0.2) is 72.1 Å². The molecule has 1 amide bonds. The lowest BCUT2D eigenvalue weighted by Gasteiger charge is -2.16. The maximum Gasteiger partial charge on any atom is 0.251 e. The minimum atomic E-state index is -3.54. The van der Waals surface area contributed by atoms with E-state index in [4.69, 9.17) is 0 Å². The number of nitrogens with zero attached hydrogens (tertiary/aromatic N) is 3. The van der Waals surface area contributed by atoms with E-state index in [2.05, 4.69) is 10.3 Å². The summed E-state index contributed by atoms with van der Waals surface area (Å²) in [4.78, 5) is 16.7. The van der Waals surface area contributed by atoms with E-state index in [0.29, 0.717) is 25.2 Å². The average molecular weight is 410 g/mol. The lowest BCUT2D eigenvalue weighted by atomic mass is 10.2. The monoisotopic (exact) mass is 410 g/mol. The van der Waals surface area contributed by atoms with Crippen LogP contribution in [0.1, 0.15) is 28.8 Å². The van der Waals surface area contributed by atoms with Crippen LogP contribution in [-0.2, 0) is 16.6 Å². The molecule has 1 aromatic heterocycles. The van der Waals surface area contributed by atoms with Gasteiger partial charge in [0.15, 0.2) is 0 Å². The van der Waals surface area contributed by atoms with Crippen molar-refractivity contribution in [3.63, 3.8) is 0 Å². The Balaban J connectivity index is 1.42. The van der Waals surface area contributed by atoms with E-state index in [0.717, 1.165) is 24.1 Å². The minimum Gasteiger partial charge on any atom is -0.348 e. The molecule has 0 unspecified atom stereocenters. The molecule has 2 aromatic carbocycles. The quantitative estimate of drug-likeness (QED) is 0.677. The Morgan fingerprint density at radius 2 is 1.83 bits per heavy atom. The first kappa shape index (κ1) is 19.4. The van der Waals surface area contributed by atoms with Gasteiger partial charge in [-0.25, -0.2) is 13.4 Å². The first-order valence-corrected chi connectivity index (χ1v) is 10.9. The van der Waals surface area contributed by atoms with Crippen LogP contribution in [0.2, 0.25) is 0 Å². The van der Waals surface area contributed by atoms with Gasteiger partial charge in [0, 0.05) is 43.3 Å². The number of hydrogen-bond acceptors (Lipinski definition) is 4. The van der Waals surface area contributed by atoms with E-state index in [1.54, 1.807) is 30.7 Å². The number of carbonyl (C=O) groups excluding carboxylic acids is 1. The third-order valence-electron chi connectivity index (χ3n) is 4.99.